The van der Waals surface area contributed by atoms with Crippen LogP contribution in [-0.4, -0.2) is 34.0 Å². The molecule has 1 N–H and O–H groups in total. The molecule has 1 aromatic rings. The van der Waals surface area contributed by atoms with Gasteiger partial charge in [0.15, 0.2) is 0 Å². The first kappa shape index (κ1) is 14.3. The maximum Gasteiger partial charge on any atom is 0.260 e. The standard InChI is InChI=1S/C17H21NO3/c1-12-6-8-17(21,9-7-12)11-18-15(19)10-13-4-2-3-5-14(13)16(18)20/h2-5,12,21H,6-11H2,1H3. The van der Waals surface area contributed by atoms with Gasteiger partial charge in [0.05, 0.1) is 18.6 Å². The van der Waals surface area contributed by atoms with Gasteiger partial charge in [-0.25, -0.2) is 0 Å². The van der Waals surface area contributed by atoms with E-state index >= 15 is 0 Å². The van der Waals surface area contributed by atoms with Crippen LogP contribution in [0.3, 0.4) is 0 Å². The van der Waals surface area contributed by atoms with E-state index in [0.717, 1.165) is 18.4 Å². The Bertz CT molecular complexity index is 573. The molecule has 0 spiro atoms. The summed E-state index contributed by atoms with van der Waals surface area (Å²) in [6.07, 6.45) is 3.46. The van der Waals surface area contributed by atoms with E-state index in [9.17, 15) is 14.7 Å². The summed E-state index contributed by atoms with van der Waals surface area (Å²) in [5, 5.41) is 10.7. The van der Waals surface area contributed by atoms with E-state index in [1.165, 1.54) is 4.90 Å². The van der Waals surface area contributed by atoms with Gasteiger partial charge in [-0.15, -0.1) is 0 Å². The number of hydrogen-bond donors (Lipinski definition) is 1. The largest absolute Gasteiger partial charge is 0.388 e. The summed E-state index contributed by atoms with van der Waals surface area (Å²) >= 11 is 0. The second-order valence-electron chi connectivity index (χ2n) is 6.53. The van der Waals surface area contributed by atoms with Gasteiger partial charge in [-0.2, -0.15) is 0 Å². The Balaban J connectivity index is 1.80. The Kier molecular flexibility index (Phi) is 3.57. The molecule has 0 radical (unpaired) electrons. The van der Waals surface area contributed by atoms with Crippen LogP contribution in [0.5, 0.6) is 0 Å². The predicted molar refractivity (Wildman–Crippen MR) is 78.8 cm³/mol. The first-order chi connectivity index (χ1) is 9.98. The summed E-state index contributed by atoms with van der Waals surface area (Å²) in [6.45, 7) is 2.30. The number of hydrogen-bond acceptors (Lipinski definition) is 3. The Hall–Kier alpha value is -1.68. The summed E-state index contributed by atoms with van der Waals surface area (Å²) in [4.78, 5) is 26.0. The van der Waals surface area contributed by atoms with Crippen LogP contribution in [0, 0.1) is 5.92 Å². The molecule has 0 atom stereocenters. The number of carbonyl (C=O) groups is 2. The zero-order valence-electron chi connectivity index (χ0n) is 12.3. The molecule has 1 aromatic carbocycles. The lowest BCUT2D eigenvalue weighted by Crippen LogP contribution is -2.52. The van der Waals surface area contributed by atoms with Crippen molar-refractivity contribution in [2.45, 2.75) is 44.6 Å². The summed E-state index contributed by atoms with van der Waals surface area (Å²) in [5.74, 6) is 0.137. The number of aliphatic hydroxyl groups is 1. The molecule has 2 aliphatic rings. The predicted octanol–water partition coefficient (Wildman–Crippen LogP) is 2.15. The molecule has 4 nitrogen and oxygen atoms in total. The van der Waals surface area contributed by atoms with Crippen LogP contribution < -0.4 is 0 Å². The van der Waals surface area contributed by atoms with Crippen molar-refractivity contribution >= 4 is 11.8 Å². The minimum Gasteiger partial charge on any atom is -0.388 e. The van der Waals surface area contributed by atoms with Gasteiger partial charge >= 0.3 is 0 Å². The first-order valence-corrected chi connectivity index (χ1v) is 7.63. The van der Waals surface area contributed by atoms with Gasteiger partial charge in [-0.1, -0.05) is 25.1 Å². The van der Waals surface area contributed by atoms with Crippen molar-refractivity contribution in [1.82, 2.24) is 4.90 Å². The first-order valence-electron chi connectivity index (χ1n) is 7.63. The third-order valence-corrected chi connectivity index (χ3v) is 4.79. The minimum atomic E-state index is -0.913. The molecule has 0 unspecified atom stereocenters. The van der Waals surface area contributed by atoms with E-state index in [1.54, 1.807) is 6.07 Å². The van der Waals surface area contributed by atoms with Crippen molar-refractivity contribution in [3.05, 3.63) is 35.4 Å². The topological polar surface area (TPSA) is 57.6 Å². The Morgan fingerprint density at radius 2 is 1.90 bits per heavy atom. The van der Waals surface area contributed by atoms with Crippen LogP contribution in [-0.2, 0) is 11.2 Å². The maximum atomic E-state index is 12.5. The Labute approximate surface area is 124 Å². The lowest BCUT2D eigenvalue weighted by atomic mass is 9.79. The van der Waals surface area contributed by atoms with Crippen LogP contribution in [0.4, 0.5) is 0 Å². The molecule has 3 rings (SSSR count). The van der Waals surface area contributed by atoms with Crippen molar-refractivity contribution in [2.75, 3.05) is 6.54 Å². The fourth-order valence-corrected chi connectivity index (χ4v) is 3.31. The van der Waals surface area contributed by atoms with Crippen LogP contribution in [0.15, 0.2) is 24.3 Å². The SMILES string of the molecule is CC1CCC(O)(CN2C(=O)Cc3ccccc3C2=O)CC1. The minimum absolute atomic E-state index is 0.131. The molecule has 21 heavy (non-hydrogen) atoms. The number of rotatable bonds is 2. The molecule has 1 saturated carbocycles. The van der Waals surface area contributed by atoms with E-state index in [2.05, 4.69) is 6.92 Å². The molecule has 1 aliphatic carbocycles. The van der Waals surface area contributed by atoms with Crippen LogP contribution >= 0.6 is 0 Å². The molecule has 0 bridgehead atoms. The smallest absolute Gasteiger partial charge is 0.260 e. The zero-order valence-corrected chi connectivity index (χ0v) is 12.3. The molecule has 1 heterocycles. The van der Waals surface area contributed by atoms with Crippen LogP contribution in [0.2, 0.25) is 0 Å². The summed E-state index contributed by atoms with van der Waals surface area (Å²) in [7, 11) is 0. The monoisotopic (exact) mass is 287 g/mol. The van der Waals surface area contributed by atoms with Crippen molar-refractivity contribution in [2.24, 2.45) is 5.92 Å². The second-order valence-corrected chi connectivity index (χ2v) is 6.53. The van der Waals surface area contributed by atoms with E-state index in [1.807, 2.05) is 18.2 Å². The summed E-state index contributed by atoms with van der Waals surface area (Å²) < 4.78 is 0. The van der Waals surface area contributed by atoms with E-state index in [-0.39, 0.29) is 24.8 Å². The number of carbonyl (C=O) groups excluding carboxylic acids is 2. The molecule has 0 saturated heterocycles. The molecule has 1 aliphatic heterocycles. The molecular formula is C17H21NO3. The number of nitrogens with zero attached hydrogens (tertiary/aromatic N) is 1. The van der Waals surface area contributed by atoms with E-state index < -0.39 is 5.60 Å². The fraction of sp³-hybridized carbons (Fsp3) is 0.529. The highest BCUT2D eigenvalue weighted by Crippen LogP contribution is 2.33. The average molecular weight is 287 g/mol. The average Bonchev–Trinajstić information content (AvgIpc) is 2.47. The fourth-order valence-electron chi connectivity index (χ4n) is 3.31. The van der Waals surface area contributed by atoms with Crippen molar-refractivity contribution in [1.29, 1.82) is 0 Å². The van der Waals surface area contributed by atoms with Gasteiger partial charge in [-0.3, -0.25) is 14.5 Å². The summed E-state index contributed by atoms with van der Waals surface area (Å²) in [6, 6.07) is 7.22. The lowest BCUT2D eigenvalue weighted by Gasteiger charge is -2.39. The highest BCUT2D eigenvalue weighted by molar-refractivity contribution is 6.09. The highest BCUT2D eigenvalue weighted by atomic mass is 16.3. The quantitative estimate of drug-likeness (QED) is 0.848. The number of β-amino-alcohol motifs (C(OH)–C–C–N with tert-alkyl or cyclic N) is 1. The van der Waals surface area contributed by atoms with E-state index in [0.29, 0.717) is 24.3 Å². The second kappa shape index (κ2) is 5.26. The maximum absolute atomic E-state index is 12.5. The number of imide groups is 1. The highest BCUT2D eigenvalue weighted by Gasteiger charge is 2.39. The Morgan fingerprint density at radius 1 is 1.24 bits per heavy atom. The van der Waals surface area contributed by atoms with Gasteiger partial charge in [0.2, 0.25) is 5.91 Å². The van der Waals surface area contributed by atoms with Crippen molar-refractivity contribution in [3.63, 3.8) is 0 Å². The number of fused-ring (bicyclic) bond motifs is 1. The van der Waals surface area contributed by atoms with Crippen molar-refractivity contribution < 1.29 is 14.7 Å². The molecular weight excluding hydrogens is 266 g/mol. The molecule has 1 fully saturated rings. The molecule has 4 heteroatoms. The third-order valence-electron chi connectivity index (χ3n) is 4.79. The van der Waals surface area contributed by atoms with Gasteiger partial charge in [-0.05, 0) is 43.2 Å². The van der Waals surface area contributed by atoms with E-state index in [4.69, 9.17) is 0 Å². The molecule has 2 amide bonds. The van der Waals surface area contributed by atoms with Gasteiger partial charge in [0.25, 0.3) is 5.91 Å². The summed E-state index contributed by atoms with van der Waals surface area (Å²) in [5.41, 5.74) is 0.460. The number of benzene rings is 1. The van der Waals surface area contributed by atoms with Crippen LogP contribution in [0.1, 0.15) is 48.5 Å². The zero-order chi connectivity index (χ0) is 15.0. The molecule has 0 aromatic heterocycles. The van der Waals surface area contributed by atoms with Crippen LogP contribution in [0.25, 0.3) is 0 Å². The Morgan fingerprint density at radius 3 is 2.62 bits per heavy atom. The van der Waals surface area contributed by atoms with Gasteiger partial charge < -0.3 is 5.11 Å². The van der Waals surface area contributed by atoms with Crippen molar-refractivity contribution in [3.8, 4) is 0 Å². The van der Waals surface area contributed by atoms with Gasteiger partial charge in [0.1, 0.15) is 0 Å². The lowest BCUT2D eigenvalue weighted by molar-refractivity contribution is -0.132. The number of amides is 2. The molecule has 112 valence electrons. The van der Waals surface area contributed by atoms with Gasteiger partial charge in [0, 0.05) is 5.56 Å². The third kappa shape index (κ3) is 2.72. The normalized spacial score (nSPS) is 29.4.